The standard InChI is InChI=1S/C11H14ClF2N/c12-5-1-2-6-15-8-9-3-4-10(13)11(14)7-9/h3-4,7,15H,1-2,5-6,8H2. The van der Waals surface area contributed by atoms with Crippen LogP contribution in [0.15, 0.2) is 18.2 Å². The van der Waals surface area contributed by atoms with Gasteiger partial charge in [0.25, 0.3) is 0 Å². The van der Waals surface area contributed by atoms with Gasteiger partial charge in [-0.3, -0.25) is 0 Å². The first-order valence-corrected chi connectivity index (χ1v) is 5.48. The van der Waals surface area contributed by atoms with Crippen LogP contribution in [0.2, 0.25) is 0 Å². The van der Waals surface area contributed by atoms with Crippen molar-refractivity contribution in [1.29, 1.82) is 0 Å². The van der Waals surface area contributed by atoms with Gasteiger partial charge in [0.2, 0.25) is 0 Å². The molecule has 0 aliphatic carbocycles. The second-order valence-electron chi connectivity index (χ2n) is 3.32. The van der Waals surface area contributed by atoms with Gasteiger partial charge in [-0.1, -0.05) is 6.07 Å². The molecule has 84 valence electrons. The molecular formula is C11H14ClF2N. The van der Waals surface area contributed by atoms with E-state index in [2.05, 4.69) is 5.32 Å². The van der Waals surface area contributed by atoms with Crippen molar-refractivity contribution in [3.05, 3.63) is 35.4 Å². The molecule has 1 N–H and O–H groups in total. The van der Waals surface area contributed by atoms with Crippen LogP contribution < -0.4 is 5.32 Å². The Labute approximate surface area is 93.4 Å². The third kappa shape index (κ3) is 4.58. The Bertz CT molecular complexity index is 305. The number of unbranched alkanes of at least 4 members (excludes halogenated alkanes) is 1. The summed E-state index contributed by atoms with van der Waals surface area (Å²) in [7, 11) is 0. The van der Waals surface area contributed by atoms with Gasteiger partial charge in [-0.25, -0.2) is 8.78 Å². The summed E-state index contributed by atoms with van der Waals surface area (Å²) in [4.78, 5) is 0. The van der Waals surface area contributed by atoms with Crippen molar-refractivity contribution in [3.63, 3.8) is 0 Å². The predicted molar refractivity (Wildman–Crippen MR) is 58.0 cm³/mol. The molecule has 0 unspecified atom stereocenters. The third-order valence-electron chi connectivity index (χ3n) is 2.05. The first kappa shape index (κ1) is 12.4. The first-order chi connectivity index (χ1) is 7.24. The Morgan fingerprint density at radius 3 is 2.60 bits per heavy atom. The highest BCUT2D eigenvalue weighted by Gasteiger charge is 2.01. The SMILES string of the molecule is Fc1ccc(CNCCCCCl)cc1F. The molecule has 15 heavy (non-hydrogen) atoms. The zero-order chi connectivity index (χ0) is 11.1. The minimum Gasteiger partial charge on any atom is -0.313 e. The van der Waals surface area contributed by atoms with E-state index in [0.29, 0.717) is 12.4 Å². The molecule has 0 bridgehead atoms. The quantitative estimate of drug-likeness (QED) is 0.588. The van der Waals surface area contributed by atoms with Crippen molar-refractivity contribution in [1.82, 2.24) is 5.32 Å². The van der Waals surface area contributed by atoms with E-state index in [1.807, 2.05) is 0 Å². The minimum absolute atomic E-state index is 0.555. The fraction of sp³-hybridized carbons (Fsp3) is 0.455. The van der Waals surface area contributed by atoms with Gasteiger partial charge in [0, 0.05) is 12.4 Å². The summed E-state index contributed by atoms with van der Waals surface area (Å²) in [5.74, 6) is -0.941. The molecule has 0 amide bonds. The van der Waals surface area contributed by atoms with Crippen LogP contribution in [0.25, 0.3) is 0 Å². The molecule has 0 atom stereocenters. The van der Waals surface area contributed by atoms with E-state index in [1.54, 1.807) is 6.07 Å². The Morgan fingerprint density at radius 2 is 1.93 bits per heavy atom. The maximum absolute atomic E-state index is 12.8. The topological polar surface area (TPSA) is 12.0 Å². The first-order valence-electron chi connectivity index (χ1n) is 4.94. The van der Waals surface area contributed by atoms with E-state index in [4.69, 9.17) is 11.6 Å². The summed E-state index contributed by atoms with van der Waals surface area (Å²) in [5.41, 5.74) is 0.750. The molecule has 1 nitrogen and oxygen atoms in total. The van der Waals surface area contributed by atoms with Gasteiger partial charge in [0.15, 0.2) is 11.6 Å². The van der Waals surface area contributed by atoms with Crippen molar-refractivity contribution >= 4 is 11.6 Å². The van der Waals surface area contributed by atoms with E-state index in [0.717, 1.165) is 31.0 Å². The van der Waals surface area contributed by atoms with Gasteiger partial charge in [0.1, 0.15) is 0 Å². The smallest absolute Gasteiger partial charge is 0.159 e. The molecule has 4 heteroatoms. The van der Waals surface area contributed by atoms with Crippen LogP contribution in [0.5, 0.6) is 0 Å². The molecule has 0 aromatic heterocycles. The second-order valence-corrected chi connectivity index (χ2v) is 3.70. The maximum atomic E-state index is 12.8. The molecule has 0 saturated carbocycles. The van der Waals surface area contributed by atoms with Gasteiger partial charge < -0.3 is 5.32 Å². The number of benzene rings is 1. The lowest BCUT2D eigenvalue weighted by Gasteiger charge is -2.04. The van der Waals surface area contributed by atoms with Crippen molar-refractivity contribution in [2.45, 2.75) is 19.4 Å². The van der Waals surface area contributed by atoms with Gasteiger partial charge >= 0.3 is 0 Å². The summed E-state index contributed by atoms with van der Waals surface area (Å²) in [6, 6.07) is 3.93. The average molecular weight is 234 g/mol. The lowest BCUT2D eigenvalue weighted by Crippen LogP contribution is -2.14. The van der Waals surface area contributed by atoms with E-state index in [-0.39, 0.29) is 0 Å². The number of rotatable bonds is 6. The number of halogens is 3. The van der Waals surface area contributed by atoms with Gasteiger partial charge in [-0.05, 0) is 37.1 Å². The van der Waals surface area contributed by atoms with Gasteiger partial charge in [0.05, 0.1) is 0 Å². The molecule has 1 rings (SSSR count). The molecule has 0 radical (unpaired) electrons. The summed E-state index contributed by atoms with van der Waals surface area (Å²) < 4.78 is 25.4. The number of hydrogen-bond donors (Lipinski definition) is 1. The molecule has 0 spiro atoms. The molecule has 0 fully saturated rings. The highest BCUT2D eigenvalue weighted by atomic mass is 35.5. The fourth-order valence-corrected chi connectivity index (χ4v) is 1.42. The normalized spacial score (nSPS) is 10.6. The van der Waals surface area contributed by atoms with E-state index in [9.17, 15) is 8.78 Å². The molecule has 1 aromatic carbocycles. The zero-order valence-corrected chi connectivity index (χ0v) is 9.16. The van der Waals surface area contributed by atoms with E-state index < -0.39 is 11.6 Å². The zero-order valence-electron chi connectivity index (χ0n) is 8.40. The van der Waals surface area contributed by atoms with Crippen LogP contribution in [0.4, 0.5) is 8.78 Å². The van der Waals surface area contributed by atoms with Crippen LogP contribution in [0.3, 0.4) is 0 Å². The fourth-order valence-electron chi connectivity index (χ4n) is 1.23. The van der Waals surface area contributed by atoms with Crippen LogP contribution in [0.1, 0.15) is 18.4 Å². The van der Waals surface area contributed by atoms with Crippen LogP contribution in [-0.4, -0.2) is 12.4 Å². The summed E-state index contributed by atoms with van der Waals surface area (Å²) in [5, 5.41) is 3.14. The van der Waals surface area contributed by atoms with Crippen molar-refractivity contribution in [3.8, 4) is 0 Å². The second kappa shape index (κ2) is 6.75. The lowest BCUT2D eigenvalue weighted by atomic mass is 10.2. The summed E-state index contributed by atoms with van der Waals surface area (Å²) in [6.07, 6.45) is 1.96. The van der Waals surface area contributed by atoms with Gasteiger partial charge in [-0.2, -0.15) is 0 Å². The van der Waals surface area contributed by atoms with Crippen molar-refractivity contribution in [2.75, 3.05) is 12.4 Å². The minimum atomic E-state index is -0.805. The number of hydrogen-bond acceptors (Lipinski definition) is 1. The highest BCUT2D eigenvalue weighted by Crippen LogP contribution is 2.08. The Hall–Kier alpha value is -0.670. The highest BCUT2D eigenvalue weighted by molar-refractivity contribution is 6.17. The lowest BCUT2D eigenvalue weighted by molar-refractivity contribution is 0.506. The molecule has 0 aliphatic heterocycles. The van der Waals surface area contributed by atoms with Crippen molar-refractivity contribution < 1.29 is 8.78 Å². The Kier molecular flexibility index (Phi) is 5.58. The van der Waals surface area contributed by atoms with Gasteiger partial charge in [-0.15, -0.1) is 11.6 Å². The molecule has 0 heterocycles. The number of nitrogens with one attached hydrogen (secondary N) is 1. The maximum Gasteiger partial charge on any atom is 0.159 e. The number of alkyl halides is 1. The molecule has 0 saturated heterocycles. The third-order valence-corrected chi connectivity index (χ3v) is 2.32. The van der Waals surface area contributed by atoms with Crippen LogP contribution >= 0.6 is 11.6 Å². The summed E-state index contributed by atoms with van der Waals surface area (Å²) >= 11 is 5.52. The molecule has 1 aromatic rings. The average Bonchev–Trinajstić information content (AvgIpc) is 2.23. The predicted octanol–water partition coefficient (Wildman–Crippen LogP) is 3.07. The monoisotopic (exact) mass is 233 g/mol. The van der Waals surface area contributed by atoms with E-state index in [1.165, 1.54) is 6.07 Å². The molecule has 0 aliphatic rings. The Balaban J connectivity index is 2.28. The largest absolute Gasteiger partial charge is 0.313 e. The van der Waals surface area contributed by atoms with Crippen LogP contribution in [0, 0.1) is 11.6 Å². The Morgan fingerprint density at radius 1 is 1.13 bits per heavy atom. The van der Waals surface area contributed by atoms with Crippen molar-refractivity contribution in [2.24, 2.45) is 0 Å². The molecular weight excluding hydrogens is 220 g/mol. The summed E-state index contributed by atoms with van der Waals surface area (Å²) in [6.45, 7) is 1.39. The van der Waals surface area contributed by atoms with Crippen LogP contribution in [-0.2, 0) is 6.54 Å². The van der Waals surface area contributed by atoms with E-state index >= 15 is 0 Å².